The molecule has 0 N–H and O–H groups in total. The first kappa shape index (κ1) is 14.2. The summed E-state index contributed by atoms with van der Waals surface area (Å²) >= 11 is 3.03. The Morgan fingerprint density at radius 1 is 1.43 bits per heavy atom. The summed E-state index contributed by atoms with van der Waals surface area (Å²) in [5.41, 5.74) is 0. The van der Waals surface area contributed by atoms with Crippen molar-refractivity contribution in [2.24, 2.45) is 0 Å². The van der Waals surface area contributed by atoms with Crippen molar-refractivity contribution in [3.63, 3.8) is 0 Å². The van der Waals surface area contributed by atoms with Crippen LogP contribution in [0.5, 0.6) is 0 Å². The third kappa shape index (κ3) is 5.21. The zero-order valence-corrected chi connectivity index (χ0v) is 10.3. The molecule has 0 bridgehead atoms. The maximum absolute atomic E-state index is 12.1. The predicted octanol–water partition coefficient (Wildman–Crippen LogP) is 1.69. The first-order valence-electron chi connectivity index (χ1n) is 4.26. The molecule has 0 saturated carbocycles. The van der Waals surface area contributed by atoms with Gasteiger partial charge in [0.1, 0.15) is 0 Å². The summed E-state index contributed by atoms with van der Waals surface area (Å²) in [6.45, 7) is 1.08. The molecular formula is C7H14BrF2NO2S. The monoisotopic (exact) mass is 293 g/mol. The Morgan fingerprint density at radius 2 is 2.00 bits per heavy atom. The van der Waals surface area contributed by atoms with Gasteiger partial charge in [-0.15, -0.1) is 0 Å². The summed E-state index contributed by atoms with van der Waals surface area (Å²) in [5, 5.41) is 0.364. The first-order chi connectivity index (χ1) is 6.44. The fourth-order valence-corrected chi connectivity index (χ4v) is 3.13. The van der Waals surface area contributed by atoms with Gasteiger partial charge in [0.15, 0.2) is 0 Å². The molecule has 0 aliphatic heterocycles. The quantitative estimate of drug-likeness (QED) is 0.670. The van der Waals surface area contributed by atoms with E-state index in [1.54, 1.807) is 6.92 Å². The van der Waals surface area contributed by atoms with Crippen LogP contribution in [-0.4, -0.2) is 43.3 Å². The summed E-state index contributed by atoms with van der Waals surface area (Å²) < 4.78 is 47.8. The lowest BCUT2D eigenvalue weighted by molar-refractivity contribution is 0.121. The molecule has 0 fully saturated rings. The normalized spacial score (nSPS) is 12.7. The highest BCUT2D eigenvalue weighted by atomic mass is 79.9. The lowest BCUT2D eigenvalue weighted by Gasteiger charge is -2.20. The second-order valence-electron chi connectivity index (χ2n) is 2.75. The molecule has 0 rings (SSSR count). The van der Waals surface area contributed by atoms with Gasteiger partial charge in [0.25, 0.3) is 6.43 Å². The van der Waals surface area contributed by atoms with E-state index < -0.39 is 23.0 Å². The number of hydrogen-bond acceptors (Lipinski definition) is 2. The SMILES string of the molecule is CCCS(=O)(=O)N(CCBr)CC(F)F. The minimum Gasteiger partial charge on any atom is -0.212 e. The van der Waals surface area contributed by atoms with Gasteiger partial charge in [0.05, 0.1) is 12.3 Å². The lowest BCUT2D eigenvalue weighted by Crippen LogP contribution is -2.37. The molecule has 7 heteroatoms. The molecule has 86 valence electrons. The van der Waals surface area contributed by atoms with Gasteiger partial charge >= 0.3 is 0 Å². The summed E-state index contributed by atoms with van der Waals surface area (Å²) in [5.74, 6) is -0.0767. The summed E-state index contributed by atoms with van der Waals surface area (Å²) in [4.78, 5) is 0. The number of alkyl halides is 3. The van der Waals surface area contributed by atoms with Crippen molar-refractivity contribution in [2.45, 2.75) is 19.8 Å². The Labute approximate surface area is 91.6 Å². The molecule has 0 aromatic rings. The highest BCUT2D eigenvalue weighted by Crippen LogP contribution is 2.07. The Morgan fingerprint density at radius 3 is 2.36 bits per heavy atom. The molecule has 0 unspecified atom stereocenters. The third-order valence-electron chi connectivity index (χ3n) is 1.53. The third-order valence-corrected chi connectivity index (χ3v) is 3.93. The van der Waals surface area contributed by atoms with E-state index in [2.05, 4.69) is 15.9 Å². The Bertz CT molecular complexity index is 246. The van der Waals surface area contributed by atoms with Crippen LogP contribution in [0.2, 0.25) is 0 Å². The van der Waals surface area contributed by atoms with Gasteiger partial charge < -0.3 is 0 Å². The number of hydrogen-bond donors (Lipinski definition) is 0. The van der Waals surface area contributed by atoms with Crippen LogP contribution >= 0.6 is 15.9 Å². The van der Waals surface area contributed by atoms with E-state index in [4.69, 9.17) is 0 Å². The minimum absolute atomic E-state index is 0.0767. The number of rotatable bonds is 7. The lowest BCUT2D eigenvalue weighted by atomic mass is 10.6. The van der Waals surface area contributed by atoms with Crippen LogP contribution in [0.25, 0.3) is 0 Å². The van der Waals surface area contributed by atoms with Crippen LogP contribution in [0, 0.1) is 0 Å². The largest absolute Gasteiger partial charge is 0.252 e. The van der Waals surface area contributed by atoms with Gasteiger partial charge in [-0.05, 0) is 6.42 Å². The predicted molar refractivity (Wildman–Crippen MR) is 55.4 cm³/mol. The van der Waals surface area contributed by atoms with E-state index in [1.165, 1.54) is 0 Å². The molecular weight excluding hydrogens is 280 g/mol. The molecule has 0 radical (unpaired) electrons. The Balaban J connectivity index is 4.46. The second kappa shape index (κ2) is 6.68. The average molecular weight is 294 g/mol. The van der Waals surface area contributed by atoms with E-state index in [1.807, 2.05) is 0 Å². The maximum atomic E-state index is 12.1. The Kier molecular flexibility index (Phi) is 6.80. The molecule has 0 aromatic heterocycles. The molecule has 0 aromatic carbocycles. The zero-order chi connectivity index (χ0) is 11.2. The highest BCUT2D eigenvalue weighted by molar-refractivity contribution is 9.09. The van der Waals surface area contributed by atoms with Crippen molar-refractivity contribution < 1.29 is 17.2 Å². The van der Waals surface area contributed by atoms with Crippen LogP contribution in [0.3, 0.4) is 0 Å². The van der Waals surface area contributed by atoms with Crippen LogP contribution in [0.4, 0.5) is 8.78 Å². The van der Waals surface area contributed by atoms with E-state index in [-0.39, 0.29) is 12.3 Å². The van der Waals surface area contributed by atoms with E-state index in [0.29, 0.717) is 11.8 Å². The fourth-order valence-electron chi connectivity index (χ4n) is 0.979. The molecule has 0 amide bonds. The standard InChI is InChI=1S/C7H14BrF2NO2S/c1-2-5-14(12,13)11(4-3-8)6-7(9)10/h7H,2-6H2,1H3. The molecule has 0 atom stereocenters. The first-order valence-corrected chi connectivity index (χ1v) is 6.99. The van der Waals surface area contributed by atoms with Gasteiger partial charge in [0, 0.05) is 11.9 Å². The smallest absolute Gasteiger partial charge is 0.212 e. The molecule has 0 saturated heterocycles. The van der Waals surface area contributed by atoms with Crippen molar-refractivity contribution in [2.75, 3.05) is 24.2 Å². The minimum atomic E-state index is -3.51. The van der Waals surface area contributed by atoms with Crippen LogP contribution in [0.15, 0.2) is 0 Å². The van der Waals surface area contributed by atoms with Gasteiger partial charge in [-0.3, -0.25) is 0 Å². The Hall–Kier alpha value is 0.250. The van der Waals surface area contributed by atoms with Crippen molar-refractivity contribution in [1.29, 1.82) is 0 Å². The number of nitrogens with zero attached hydrogens (tertiary/aromatic N) is 1. The topological polar surface area (TPSA) is 37.4 Å². The maximum Gasteiger partial charge on any atom is 0.252 e. The van der Waals surface area contributed by atoms with Crippen LogP contribution < -0.4 is 0 Å². The summed E-state index contributed by atoms with van der Waals surface area (Å²) in [6.07, 6.45) is -2.19. The second-order valence-corrected chi connectivity index (χ2v) is 5.64. The molecule has 0 aliphatic rings. The summed E-state index contributed by atoms with van der Waals surface area (Å²) in [6, 6.07) is 0. The van der Waals surface area contributed by atoms with E-state index in [9.17, 15) is 17.2 Å². The van der Waals surface area contributed by atoms with E-state index >= 15 is 0 Å². The van der Waals surface area contributed by atoms with Crippen molar-refractivity contribution in [1.82, 2.24) is 4.31 Å². The van der Waals surface area contributed by atoms with Gasteiger partial charge in [0.2, 0.25) is 10.0 Å². The van der Waals surface area contributed by atoms with Crippen LogP contribution in [0.1, 0.15) is 13.3 Å². The molecule has 3 nitrogen and oxygen atoms in total. The molecule has 0 heterocycles. The van der Waals surface area contributed by atoms with Gasteiger partial charge in [-0.1, -0.05) is 22.9 Å². The molecule has 0 aliphatic carbocycles. The average Bonchev–Trinajstić information content (AvgIpc) is 2.02. The number of sulfonamides is 1. The van der Waals surface area contributed by atoms with Crippen molar-refractivity contribution >= 4 is 26.0 Å². The fraction of sp³-hybridized carbons (Fsp3) is 1.00. The van der Waals surface area contributed by atoms with Gasteiger partial charge in [-0.2, -0.15) is 4.31 Å². The van der Waals surface area contributed by atoms with Crippen molar-refractivity contribution in [3.05, 3.63) is 0 Å². The number of halogens is 3. The van der Waals surface area contributed by atoms with Crippen molar-refractivity contribution in [3.8, 4) is 0 Å². The molecule has 0 spiro atoms. The zero-order valence-electron chi connectivity index (χ0n) is 7.92. The van der Waals surface area contributed by atoms with Crippen LogP contribution in [-0.2, 0) is 10.0 Å². The summed E-state index contributed by atoms with van der Waals surface area (Å²) in [7, 11) is -3.51. The van der Waals surface area contributed by atoms with Gasteiger partial charge in [-0.25, -0.2) is 17.2 Å². The molecule has 14 heavy (non-hydrogen) atoms. The highest BCUT2D eigenvalue weighted by Gasteiger charge is 2.23. The van der Waals surface area contributed by atoms with E-state index in [0.717, 1.165) is 4.31 Å².